The summed E-state index contributed by atoms with van der Waals surface area (Å²) in [5.74, 6) is 2.06. The Morgan fingerprint density at radius 3 is 2.57 bits per heavy atom. The molecule has 0 spiro atoms. The Hall–Kier alpha value is -1.09. The number of guanidine groups is 1. The van der Waals surface area contributed by atoms with Gasteiger partial charge in [-0.25, -0.2) is 4.98 Å². The van der Waals surface area contributed by atoms with Gasteiger partial charge in [0.1, 0.15) is 5.82 Å². The normalized spacial score (nSPS) is 15.5. The van der Waals surface area contributed by atoms with E-state index in [9.17, 15) is 0 Å². The van der Waals surface area contributed by atoms with Gasteiger partial charge in [0.2, 0.25) is 0 Å². The van der Waals surface area contributed by atoms with Gasteiger partial charge in [-0.2, -0.15) is 0 Å². The highest BCUT2D eigenvalue weighted by atomic mass is 127. The van der Waals surface area contributed by atoms with Crippen LogP contribution in [0.1, 0.15) is 45.7 Å². The topological polar surface area (TPSA) is 55.8 Å². The van der Waals surface area contributed by atoms with Crippen LogP contribution < -0.4 is 15.5 Å². The van der Waals surface area contributed by atoms with E-state index < -0.39 is 0 Å². The molecule has 6 nitrogen and oxygen atoms in total. The van der Waals surface area contributed by atoms with Crippen LogP contribution in [0.3, 0.4) is 0 Å². The molecule has 2 rings (SSSR count). The molecule has 0 bridgehead atoms. The SMILES string of the molecule is CCCN(CC)CCN=C(NCC)NC1CCN(c2cccc(C)n2)CC1.I. The van der Waals surface area contributed by atoms with E-state index in [0.29, 0.717) is 6.04 Å². The number of anilines is 1. The molecule has 2 N–H and O–H groups in total. The first-order chi connectivity index (χ1) is 13.2. The smallest absolute Gasteiger partial charge is 0.191 e. The predicted octanol–water partition coefficient (Wildman–Crippen LogP) is 3.26. The second kappa shape index (κ2) is 14.0. The third-order valence-corrected chi connectivity index (χ3v) is 5.05. The highest BCUT2D eigenvalue weighted by molar-refractivity contribution is 14.0. The number of hydrogen-bond donors (Lipinski definition) is 2. The molecule has 28 heavy (non-hydrogen) atoms. The molecule has 1 aromatic rings. The van der Waals surface area contributed by atoms with Crippen LogP contribution in [0.25, 0.3) is 0 Å². The standard InChI is InChI=1S/C21H38N6.HI/c1-5-14-26(7-3)17-13-23-21(22-6-2)25-19-11-15-27(16-12-19)20-10-8-9-18(4)24-20;/h8-10,19H,5-7,11-17H2,1-4H3,(H2,22,23,25);1H. The molecule has 1 aromatic heterocycles. The minimum absolute atomic E-state index is 0. The quantitative estimate of drug-likeness (QED) is 0.309. The molecule has 0 amide bonds. The van der Waals surface area contributed by atoms with Crippen LogP contribution in [-0.2, 0) is 0 Å². The maximum atomic E-state index is 4.79. The Bertz CT molecular complexity index is 572. The first-order valence-corrected chi connectivity index (χ1v) is 10.6. The van der Waals surface area contributed by atoms with Crippen molar-refractivity contribution in [3.8, 4) is 0 Å². The van der Waals surface area contributed by atoms with Crippen molar-refractivity contribution in [2.24, 2.45) is 4.99 Å². The lowest BCUT2D eigenvalue weighted by Gasteiger charge is -2.34. The number of nitrogens with zero attached hydrogens (tertiary/aromatic N) is 4. The number of piperidine rings is 1. The molecule has 160 valence electrons. The van der Waals surface area contributed by atoms with E-state index in [0.717, 1.165) is 76.1 Å². The summed E-state index contributed by atoms with van der Waals surface area (Å²) in [6, 6.07) is 6.73. The summed E-state index contributed by atoms with van der Waals surface area (Å²) >= 11 is 0. The number of likely N-dealkylation sites (N-methyl/N-ethyl adjacent to an activating group) is 1. The molecule has 1 fully saturated rings. The molecule has 0 aliphatic carbocycles. The molecule has 7 heteroatoms. The van der Waals surface area contributed by atoms with Crippen LogP contribution in [0.4, 0.5) is 5.82 Å². The fraction of sp³-hybridized carbons (Fsp3) is 0.714. The number of rotatable bonds is 9. The van der Waals surface area contributed by atoms with Crippen molar-refractivity contribution in [3.05, 3.63) is 23.9 Å². The fourth-order valence-electron chi connectivity index (χ4n) is 3.52. The second-order valence-electron chi connectivity index (χ2n) is 7.24. The lowest BCUT2D eigenvalue weighted by molar-refractivity contribution is 0.297. The maximum absolute atomic E-state index is 4.79. The maximum Gasteiger partial charge on any atom is 0.191 e. The van der Waals surface area contributed by atoms with Crippen LogP contribution in [-0.4, -0.2) is 67.7 Å². The average molecular weight is 502 g/mol. The molecule has 1 saturated heterocycles. The summed E-state index contributed by atoms with van der Waals surface area (Å²) in [5, 5.41) is 7.04. The monoisotopic (exact) mass is 502 g/mol. The van der Waals surface area contributed by atoms with Crippen LogP contribution in [0, 0.1) is 6.92 Å². The second-order valence-corrected chi connectivity index (χ2v) is 7.24. The van der Waals surface area contributed by atoms with Crippen molar-refractivity contribution in [1.29, 1.82) is 0 Å². The number of aryl methyl sites for hydroxylation is 1. The highest BCUT2D eigenvalue weighted by Crippen LogP contribution is 2.18. The van der Waals surface area contributed by atoms with E-state index in [1.807, 2.05) is 0 Å². The molecule has 1 aliphatic heterocycles. The van der Waals surface area contributed by atoms with E-state index in [2.05, 4.69) is 71.3 Å². The molecule has 0 atom stereocenters. The lowest BCUT2D eigenvalue weighted by atomic mass is 10.1. The third kappa shape index (κ3) is 8.51. The van der Waals surface area contributed by atoms with Crippen LogP contribution >= 0.6 is 24.0 Å². The molecular weight excluding hydrogens is 463 g/mol. The number of hydrogen-bond acceptors (Lipinski definition) is 4. The summed E-state index contributed by atoms with van der Waals surface area (Å²) in [5.41, 5.74) is 1.08. The van der Waals surface area contributed by atoms with Crippen molar-refractivity contribution in [3.63, 3.8) is 0 Å². The molecular formula is C21H39IN6. The van der Waals surface area contributed by atoms with E-state index in [-0.39, 0.29) is 24.0 Å². The van der Waals surface area contributed by atoms with Gasteiger partial charge in [-0.1, -0.05) is 19.9 Å². The van der Waals surface area contributed by atoms with Gasteiger partial charge in [-0.3, -0.25) is 4.99 Å². The van der Waals surface area contributed by atoms with Gasteiger partial charge in [0.25, 0.3) is 0 Å². The van der Waals surface area contributed by atoms with E-state index >= 15 is 0 Å². The molecule has 0 radical (unpaired) electrons. The lowest BCUT2D eigenvalue weighted by Crippen LogP contribution is -2.49. The van der Waals surface area contributed by atoms with Crippen molar-refractivity contribution in [2.75, 3.05) is 50.7 Å². The fourth-order valence-corrected chi connectivity index (χ4v) is 3.52. The molecule has 0 aromatic carbocycles. The third-order valence-electron chi connectivity index (χ3n) is 5.05. The summed E-state index contributed by atoms with van der Waals surface area (Å²) in [6.45, 7) is 15.7. The minimum atomic E-state index is 0. The van der Waals surface area contributed by atoms with Crippen LogP contribution in [0.15, 0.2) is 23.2 Å². The highest BCUT2D eigenvalue weighted by Gasteiger charge is 2.20. The van der Waals surface area contributed by atoms with Gasteiger partial charge >= 0.3 is 0 Å². The number of aromatic nitrogens is 1. The zero-order valence-electron chi connectivity index (χ0n) is 18.1. The van der Waals surface area contributed by atoms with E-state index in [1.165, 1.54) is 6.42 Å². The molecule has 2 heterocycles. The van der Waals surface area contributed by atoms with Crippen LogP contribution in [0.5, 0.6) is 0 Å². The molecule has 0 unspecified atom stereocenters. The Balaban J connectivity index is 0.00000392. The van der Waals surface area contributed by atoms with Crippen LogP contribution in [0.2, 0.25) is 0 Å². The number of aliphatic imine (C=N–C) groups is 1. The number of halogens is 1. The van der Waals surface area contributed by atoms with Crippen molar-refractivity contribution < 1.29 is 0 Å². The first kappa shape index (κ1) is 24.9. The first-order valence-electron chi connectivity index (χ1n) is 10.6. The van der Waals surface area contributed by atoms with Gasteiger partial charge in [-0.15, -0.1) is 24.0 Å². The predicted molar refractivity (Wildman–Crippen MR) is 131 cm³/mol. The summed E-state index contributed by atoms with van der Waals surface area (Å²) in [6.07, 6.45) is 3.41. The van der Waals surface area contributed by atoms with Gasteiger partial charge in [0, 0.05) is 37.9 Å². The Morgan fingerprint density at radius 2 is 1.96 bits per heavy atom. The minimum Gasteiger partial charge on any atom is -0.357 e. The Labute approximate surface area is 188 Å². The molecule has 0 saturated carbocycles. The zero-order chi connectivity index (χ0) is 19.5. The Kier molecular flexibility index (Phi) is 12.5. The molecule has 1 aliphatic rings. The van der Waals surface area contributed by atoms with Crippen molar-refractivity contribution in [1.82, 2.24) is 20.5 Å². The largest absolute Gasteiger partial charge is 0.357 e. The number of nitrogens with one attached hydrogen (secondary N) is 2. The zero-order valence-corrected chi connectivity index (χ0v) is 20.4. The number of pyridine rings is 1. The van der Waals surface area contributed by atoms with E-state index in [1.54, 1.807) is 0 Å². The van der Waals surface area contributed by atoms with Crippen molar-refractivity contribution >= 4 is 35.8 Å². The summed E-state index contributed by atoms with van der Waals surface area (Å²) in [4.78, 5) is 14.3. The van der Waals surface area contributed by atoms with Crippen molar-refractivity contribution in [2.45, 2.75) is 53.0 Å². The van der Waals surface area contributed by atoms with Gasteiger partial charge in [-0.05, 0) is 58.3 Å². The summed E-state index contributed by atoms with van der Waals surface area (Å²) in [7, 11) is 0. The summed E-state index contributed by atoms with van der Waals surface area (Å²) < 4.78 is 0. The van der Waals surface area contributed by atoms with Gasteiger partial charge in [0.15, 0.2) is 5.96 Å². The van der Waals surface area contributed by atoms with Gasteiger partial charge in [0.05, 0.1) is 6.54 Å². The van der Waals surface area contributed by atoms with Gasteiger partial charge < -0.3 is 20.4 Å². The van der Waals surface area contributed by atoms with E-state index in [4.69, 9.17) is 4.99 Å². The average Bonchev–Trinajstić information content (AvgIpc) is 2.68. The Morgan fingerprint density at radius 1 is 1.21 bits per heavy atom.